The molecule has 3 aromatic heterocycles. The molecule has 0 aliphatic carbocycles. The highest BCUT2D eigenvalue weighted by Crippen LogP contribution is 2.22. The summed E-state index contributed by atoms with van der Waals surface area (Å²) in [4.78, 5) is 12.2. The standard InChI is InChI=1S/C11H6N8O2/c20-7-4-9(11-14-18-19-15-11)21-8-2-1-5(3-6(7)8)10-12-16-17-13-10/h1-4H,(H,12,13,16,17)(H,14,15,18,19). The van der Waals surface area contributed by atoms with Crippen LogP contribution in [0.3, 0.4) is 0 Å². The number of nitrogens with zero attached hydrogens (tertiary/aromatic N) is 6. The van der Waals surface area contributed by atoms with Gasteiger partial charge in [0.1, 0.15) is 5.58 Å². The summed E-state index contributed by atoms with van der Waals surface area (Å²) in [5.74, 6) is 0.864. The lowest BCUT2D eigenvalue weighted by Crippen LogP contribution is -2.01. The van der Waals surface area contributed by atoms with Crippen LogP contribution in [0.25, 0.3) is 33.9 Å². The van der Waals surface area contributed by atoms with Gasteiger partial charge in [-0.05, 0) is 28.6 Å². The Morgan fingerprint density at radius 1 is 0.952 bits per heavy atom. The van der Waals surface area contributed by atoms with Crippen LogP contribution in [-0.4, -0.2) is 41.2 Å². The van der Waals surface area contributed by atoms with Crippen LogP contribution >= 0.6 is 0 Å². The topological polar surface area (TPSA) is 139 Å². The highest BCUT2D eigenvalue weighted by Gasteiger charge is 2.12. The summed E-state index contributed by atoms with van der Waals surface area (Å²) in [7, 11) is 0. The maximum Gasteiger partial charge on any atom is 0.239 e. The molecule has 10 heteroatoms. The van der Waals surface area contributed by atoms with E-state index in [0.717, 1.165) is 0 Å². The molecule has 1 aromatic carbocycles. The van der Waals surface area contributed by atoms with Gasteiger partial charge in [0.15, 0.2) is 11.2 Å². The molecule has 0 fully saturated rings. The van der Waals surface area contributed by atoms with Crippen molar-refractivity contribution in [1.82, 2.24) is 41.2 Å². The lowest BCUT2D eigenvalue weighted by molar-refractivity contribution is 0.613. The first-order valence-corrected chi connectivity index (χ1v) is 5.87. The molecular weight excluding hydrogens is 276 g/mol. The number of benzene rings is 1. The molecule has 10 nitrogen and oxygen atoms in total. The van der Waals surface area contributed by atoms with Crippen molar-refractivity contribution in [3.05, 3.63) is 34.5 Å². The molecule has 4 rings (SSSR count). The number of nitrogens with one attached hydrogen (secondary N) is 2. The number of H-pyrrole nitrogens is 2. The van der Waals surface area contributed by atoms with Crippen molar-refractivity contribution in [3.63, 3.8) is 0 Å². The van der Waals surface area contributed by atoms with Crippen molar-refractivity contribution in [2.75, 3.05) is 0 Å². The molecule has 0 saturated carbocycles. The Morgan fingerprint density at radius 2 is 1.71 bits per heavy atom. The number of rotatable bonds is 2. The summed E-state index contributed by atoms with van der Waals surface area (Å²) in [5.41, 5.74) is 0.854. The van der Waals surface area contributed by atoms with Gasteiger partial charge in [-0.3, -0.25) is 4.79 Å². The Morgan fingerprint density at radius 3 is 2.43 bits per heavy atom. The van der Waals surface area contributed by atoms with Gasteiger partial charge in [0, 0.05) is 11.6 Å². The van der Waals surface area contributed by atoms with Gasteiger partial charge in [0.25, 0.3) is 0 Å². The molecule has 2 N–H and O–H groups in total. The van der Waals surface area contributed by atoms with E-state index in [-0.39, 0.29) is 17.0 Å². The third-order valence-corrected chi connectivity index (χ3v) is 2.90. The molecular formula is C11H6N8O2. The van der Waals surface area contributed by atoms with Gasteiger partial charge >= 0.3 is 0 Å². The minimum absolute atomic E-state index is 0.219. The van der Waals surface area contributed by atoms with Crippen LogP contribution in [0.4, 0.5) is 0 Å². The van der Waals surface area contributed by atoms with Crippen molar-refractivity contribution in [2.24, 2.45) is 0 Å². The van der Waals surface area contributed by atoms with E-state index in [1.54, 1.807) is 18.2 Å². The average molecular weight is 282 g/mol. The monoisotopic (exact) mass is 282 g/mol. The van der Waals surface area contributed by atoms with Gasteiger partial charge < -0.3 is 4.42 Å². The van der Waals surface area contributed by atoms with Crippen molar-refractivity contribution in [3.8, 4) is 23.0 Å². The number of hydrogen-bond acceptors (Lipinski definition) is 8. The molecule has 0 saturated heterocycles. The van der Waals surface area contributed by atoms with E-state index in [4.69, 9.17) is 4.42 Å². The summed E-state index contributed by atoms with van der Waals surface area (Å²) in [5, 5.41) is 27.3. The van der Waals surface area contributed by atoms with E-state index in [9.17, 15) is 4.79 Å². The third-order valence-electron chi connectivity index (χ3n) is 2.90. The molecule has 4 aromatic rings. The number of tetrazole rings is 2. The van der Waals surface area contributed by atoms with Crippen molar-refractivity contribution >= 4 is 11.0 Å². The first-order chi connectivity index (χ1) is 10.3. The number of fused-ring (bicyclic) bond motifs is 1. The zero-order chi connectivity index (χ0) is 14.2. The Hall–Kier alpha value is -3.43. The summed E-state index contributed by atoms with van der Waals surface area (Å²) in [6.07, 6.45) is 0. The van der Waals surface area contributed by atoms with E-state index < -0.39 is 0 Å². The second-order valence-corrected chi connectivity index (χ2v) is 4.16. The summed E-state index contributed by atoms with van der Waals surface area (Å²) in [6.45, 7) is 0. The van der Waals surface area contributed by atoms with Gasteiger partial charge in [0.05, 0.1) is 5.39 Å². The van der Waals surface area contributed by atoms with Gasteiger partial charge in [-0.25, -0.2) is 0 Å². The zero-order valence-electron chi connectivity index (χ0n) is 10.3. The van der Waals surface area contributed by atoms with Gasteiger partial charge in [-0.2, -0.15) is 10.4 Å². The second kappa shape index (κ2) is 4.30. The van der Waals surface area contributed by atoms with Crippen molar-refractivity contribution in [2.45, 2.75) is 0 Å². The van der Waals surface area contributed by atoms with E-state index >= 15 is 0 Å². The SMILES string of the molecule is O=c1cc(-c2nn[nH]n2)oc2ccc(-c3nn[nH]n3)cc12. The van der Waals surface area contributed by atoms with E-state index in [2.05, 4.69) is 41.2 Å². The number of aromatic amines is 2. The summed E-state index contributed by atoms with van der Waals surface area (Å²) < 4.78 is 5.61. The summed E-state index contributed by atoms with van der Waals surface area (Å²) >= 11 is 0. The first-order valence-electron chi connectivity index (χ1n) is 5.87. The van der Waals surface area contributed by atoms with Crippen LogP contribution in [0.5, 0.6) is 0 Å². The first kappa shape index (κ1) is 11.4. The Balaban J connectivity index is 1.92. The molecule has 0 spiro atoms. The molecule has 0 aliphatic rings. The molecule has 0 atom stereocenters. The maximum absolute atomic E-state index is 12.2. The average Bonchev–Trinajstić information content (AvgIpc) is 3.20. The lowest BCUT2D eigenvalue weighted by atomic mass is 10.1. The van der Waals surface area contributed by atoms with Crippen LogP contribution in [0, 0.1) is 0 Å². The zero-order valence-corrected chi connectivity index (χ0v) is 10.3. The fourth-order valence-electron chi connectivity index (χ4n) is 1.96. The van der Waals surface area contributed by atoms with E-state index in [1.807, 2.05) is 0 Å². The van der Waals surface area contributed by atoms with E-state index in [0.29, 0.717) is 22.4 Å². The van der Waals surface area contributed by atoms with Gasteiger partial charge in [-0.1, -0.05) is 0 Å². The largest absolute Gasteiger partial charge is 0.452 e. The van der Waals surface area contributed by atoms with Crippen molar-refractivity contribution < 1.29 is 4.42 Å². The molecule has 3 heterocycles. The Labute approximate surface area is 115 Å². The molecule has 21 heavy (non-hydrogen) atoms. The Kier molecular flexibility index (Phi) is 2.33. The molecule has 0 bridgehead atoms. The van der Waals surface area contributed by atoms with Crippen LogP contribution in [0.1, 0.15) is 0 Å². The maximum atomic E-state index is 12.2. The molecule has 0 unspecified atom stereocenters. The summed E-state index contributed by atoms with van der Waals surface area (Å²) in [6, 6.07) is 6.35. The van der Waals surface area contributed by atoms with Crippen LogP contribution in [0.2, 0.25) is 0 Å². The predicted molar refractivity (Wildman–Crippen MR) is 68.8 cm³/mol. The fraction of sp³-hybridized carbons (Fsp3) is 0. The molecule has 0 aliphatic heterocycles. The normalized spacial score (nSPS) is 11.0. The fourth-order valence-corrected chi connectivity index (χ4v) is 1.96. The smallest absolute Gasteiger partial charge is 0.239 e. The molecule has 0 amide bonds. The van der Waals surface area contributed by atoms with E-state index in [1.165, 1.54) is 6.07 Å². The predicted octanol–water partition coefficient (Wildman–Crippen LogP) is 0.153. The highest BCUT2D eigenvalue weighted by atomic mass is 16.3. The quantitative estimate of drug-likeness (QED) is 0.529. The number of aromatic nitrogens is 8. The third kappa shape index (κ3) is 1.85. The minimum Gasteiger partial charge on any atom is -0.452 e. The number of hydrogen-bond donors (Lipinski definition) is 2. The van der Waals surface area contributed by atoms with Crippen molar-refractivity contribution in [1.29, 1.82) is 0 Å². The molecule has 102 valence electrons. The highest BCUT2D eigenvalue weighted by molar-refractivity contribution is 5.82. The van der Waals surface area contributed by atoms with Gasteiger partial charge in [-0.15, -0.1) is 20.4 Å². The second-order valence-electron chi connectivity index (χ2n) is 4.16. The lowest BCUT2D eigenvalue weighted by Gasteiger charge is -2.01. The van der Waals surface area contributed by atoms with Crippen LogP contribution in [0.15, 0.2) is 33.5 Å². The van der Waals surface area contributed by atoms with Crippen LogP contribution in [-0.2, 0) is 0 Å². The Bertz CT molecular complexity index is 958. The minimum atomic E-state index is -0.221. The van der Waals surface area contributed by atoms with Gasteiger partial charge in [0.2, 0.25) is 11.6 Å². The van der Waals surface area contributed by atoms with Crippen LogP contribution < -0.4 is 5.43 Å². The molecule has 0 radical (unpaired) electrons.